The van der Waals surface area contributed by atoms with Crippen molar-refractivity contribution in [3.8, 4) is 0 Å². The number of nitrogens with two attached hydrogens (primary N) is 2. The molecule has 136 valence electrons. The van der Waals surface area contributed by atoms with E-state index in [0.717, 1.165) is 25.7 Å². The Kier molecular flexibility index (Phi) is 5.64. The lowest BCUT2D eigenvalue weighted by Crippen LogP contribution is -2.53. The van der Waals surface area contributed by atoms with E-state index in [0.29, 0.717) is 11.8 Å². The molecule has 0 aromatic carbocycles. The molecule has 0 spiro atoms. The highest BCUT2D eigenvalue weighted by Crippen LogP contribution is 2.39. The summed E-state index contributed by atoms with van der Waals surface area (Å²) in [7, 11) is -3.89. The fourth-order valence-corrected chi connectivity index (χ4v) is 4.82. The quantitative estimate of drug-likeness (QED) is 0.731. The van der Waals surface area contributed by atoms with Crippen LogP contribution in [0.1, 0.15) is 48.4 Å². The molecule has 2 fully saturated rings. The van der Waals surface area contributed by atoms with Crippen LogP contribution >= 0.6 is 12.4 Å². The zero-order valence-electron chi connectivity index (χ0n) is 13.5. The van der Waals surface area contributed by atoms with Gasteiger partial charge < -0.3 is 15.5 Å². The summed E-state index contributed by atoms with van der Waals surface area (Å²) in [5, 5.41) is 8.14. The van der Waals surface area contributed by atoms with Crippen LogP contribution in [0.15, 0.2) is 15.4 Å². The summed E-state index contributed by atoms with van der Waals surface area (Å²) >= 11 is 0. The normalized spacial score (nSPS) is 29.6. The molecule has 5 N–H and O–H groups in total. The van der Waals surface area contributed by atoms with Crippen LogP contribution < -0.4 is 16.2 Å². The number of furan rings is 1. The number of halogens is 1. The topological polar surface area (TPSA) is 128 Å². The number of primary sulfonamides is 1. The van der Waals surface area contributed by atoms with Gasteiger partial charge in [-0.2, -0.15) is 0 Å². The van der Waals surface area contributed by atoms with Crippen LogP contribution in [-0.2, 0) is 10.0 Å². The SMILES string of the molecule is Cc1oc(C(=O)NC2C3CCCC2CC(N)C3)cc1S(N)(=O)=O.Cl. The number of amides is 1. The molecule has 2 aliphatic rings. The first-order valence-electron chi connectivity index (χ1n) is 7.95. The zero-order valence-corrected chi connectivity index (χ0v) is 15.2. The van der Waals surface area contributed by atoms with Gasteiger partial charge in [0.1, 0.15) is 10.7 Å². The highest BCUT2D eigenvalue weighted by molar-refractivity contribution is 7.89. The number of fused-ring (bicyclic) bond motifs is 2. The van der Waals surface area contributed by atoms with Gasteiger partial charge in [0.25, 0.3) is 5.91 Å². The number of nitrogens with one attached hydrogen (secondary N) is 1. The van der Waals surface area contributed by atoms with E-state index in [1.54, 1.807) is 0 Å². The second kappa shape index (κ2) is 7.03. The van der Waals surface area contributed by atoms with Gasteiger partial charge in [0.15, 0.2) is 5.76 Å². The van der Waals surface area contributed by atoms with Crippen LogP contribution in [0, 0.1) is 18.8 Å². The summed E-state index contributed by atoms with van der Waals surface area (Å²) in [5.74, 6) is 0.494. The van der Waals surface area contributed by atoms with Crippen molar-refractivity contribution in [2.45, 2.75) is 56.0 Å². The first kappa shape index (κ1) is 19.2. The van der Waals surface area contributed by atoms with Gasteiger partial charge in [0, 0.05) is 18.2 Å². The van der Waals surface area contributed by atoms with Crippen molar-refractivity contribution in [3.63, 3.8) is 0 Å². The summed E-state index contributed by atoms with van der Waals surface area (Å²) in [6.07, 6.45) is 5.13. The van der Waals surface area contributed by atoms with Gasteiger partial charge in [-0.15, -0.1) is 12.4 Å². The molecule has 2 aliphatic carbocycles. The Bertz CT molecular complexity index is 704. The number of sulfonamides is 1. The van der Waals surface area contributed by atoms with E-state index in [1.165, 1.54) is 19.4 Å². The molecule has 7 nitrogen and oxygen atoms in total. The Morgan fingerprint density at radius 1 is 1.29 bits per heavy atom. The lowest BCUT2D eigenvalue weighted by atomic mass is 9.67. The minimum Gasteiger partial charge on any atom is -0.455 e. The number of carbonyl (C=O) groups excluding carboxylic acids is 1. The maximum Gasteiger partial charge on any atom is 0.287 e. The largest absolute Gasteiger partial charge is 0.455 e. The molecule has 0 saturated heterocycles. The van der Waals surface area contributed by atoms with Crippen molar-refractivity contribution in [2.75, 3.05) is 0 Å². The minimum absolute atomic E-state index is 0. The predicted molar refractivity (Wildman–Crippen MR) is 91.4 cm³/mol. The molecule has 1 aromatic heterocycles. The van der Waals surface area contributed by atoms with Crippen molar-refractivity contribution in [3.05, 3.63) is 17.6 Å². The van der Waals surface area contributed by atoms with Crippen LogP contribution in [0.2, 0.25) is 0 Å². The first-order chi connectivity index (χ1) is 10.8. The van der Waals surface area contributed by atoms with Crippen molar-refractivity contribution in [1.82, 2.24) is 5.32 Å². The maximum absolute atomic E-state index is 12.4. The van der Waals surface area contributed by atoms with E-state index in [2.05, 4.69) is 5.32 Å². The molecular weight excluding hydrogens is 354 g/mol. The number of rotatable bonds is 3. The van der Waals surface area contributed by atoms with Crippen molar-refractivity contribution >= 4 is 28.3 Å². The molecule has 1 amide bonds. The smallest absolute Gasteiger partial charge is 0.287 e. The van der Waals surface area contributed by atoms with Gasteiger partial charge in [0.05, 0.1) is 0 Å². The summed E-state index contributed by atoms with van der Waals surface area (Å²) in [6, 6.07) is 1.49. The lowest BCUT2D eigenvalue weighted by Gasteiger charge is -2.45. The van der Waals surface area contributed by atoms with Crippen molar-refractivity contribution in [1.29, 1.82) is 0 Å². The van der Waals surface area contributed by atoms with Crippen molar-refractivity contribution < 1.29 is 17.6 Å². The number of hydrogen-bond acceptors (Lipinski definition) is 5. The Morgan fingerprint density at radius 3 is 2.38 bits per heavy atom. The van der Waals surface area contributed by atoms with Gasteiger partial charge in [-0.25, -0.2) is 13.6 Å². The van der Waals surface area contributed by atoms with Crippen LogP contribution in [-0.4, -0.2) is 26.4 Å². The van der Waals surface area contributed by atoms with Gasteiger partial charge >= 0.3 is 0 Å². The van der Waals surface area contributed by atoms with E-state index in [9.17, 15) is 13.2 Å². The van der Waals surface area contributed by atoms with Crippen molar-refractivity contribution in [2.24, 2.45) is 22.7 Å². The summed E-state index contributed by atoms with van der Waals surface area (Å²) < 4.78 is 28.2. The van der Waals surface area contributed by atoms with Gasteiger partial charge in [-0.3, -0.25) is 4.79 Å². The molecular formula is C15H24ClN3O4S. The molecule has 24 heavy (non-hydrogen) atoms. The third kappa shape index (κ3) is 3.77. The molecule has 2 bridgehead atoms. The van der Waals surface area contributed by atoms with Gasteiger partial charge in [-0.05, 0) is 44.4 Å². The lowest BCUT2D eigenvalue weighted by molar-refractivity contribution is 0.0731. The van der Waals surface area contributed by atoms with Crippen LogP contribution in [0.5, 0.6) is 0 Å². The van der Waals surface area contributed by atoms with Gasteiger partial charge in [-0.1, -0.05) is 6.42 Å². The Hall–Kier alpha value is -1.09. The molecule has 0 aliphatic heterocycles. The standard InChI is InChI=1S/C15H23N3O4S.ClH/c1-8-13(23(17,20)21)7-12(22-8)15(19)18-14-9-3-2-4-10(14)6-11(16)5-9;/h7,9-11,14H,2-6,16H2,1H3,(H,18,19)(H2,17,20,21);1H. The first-order valence-corrected chi connectivity index (χ1v) is 9.50. The third-order valence-electron chi connectivity index (χ3n) is 5.08. The molecule has 3 rings (SSSR count). The third-order valence-corrected chi connectivity index (χ3v) is 6.10. The summed E-state index contributed by atoms with van der Waals surface area (Å²) in [5.41, 5.74) is 6.09. The maximum atomic E-state index is 12.4. The highest BCUT2D eigenvalue weighted by Gasteiger charge is 2.40. The fraction of sp³-hybridized carbons (Fsp3) is 0.667. The minimum atomic E-state index is -3.89. The van der Waals surface area contributed by atoms with Crippen LogP contribution in [0.3, 0.4) is 0 Å². The Labute approximate surface area is 148 Å². The highest BCUT2D eigenvalue weighted by atomic mass is 35.5. The zero-order chi connectivity index (χ0) is 16.8. The average molecular weight is 378 g/mol. The molecule has 0 radical (unpaired) electrons. The molecule has 1 heterocycles. The number of hydrogen-bond donors (Lipinski definition) is 3. The van der Waals surface area contributed by atoms with E-state index in [1.807, 2.05) is 0 Å². The monoisotopic (exact) mass is 377 g/mol. The van der Waals surface area contributed by atoms with E-state index < -0.39 is 10.0 Å². The molecule has 9 heteroatoms. The van der Waals surface area contributed by atoms with E-state index in [-0.39, 0.29) is 46.8 Å². The van der Waals surface area contributed by atoms with Crippen LogP contribution in [0.4, 0.5) is 0 Å². The number of aryl methyl sites for hydroxylation is 1. The molecule has 2 unspecified atom stereocenters. The number of carbonyl (C=O) groups is 1. The predicted octanol–water partition coefficient (Wildman–Crippen LogP) is 1.29. The summed E-state index contributed by atoms with van der Waals surface area (Å²) in [4.78, 5) is 12.3. The molecule has 2 saturated carbocycles. The molecule has 2 atom stereocenters. The average Bonchev–Trinajstić information content (AvgIpc) is 2.82. The van der Waals surface area contributed by atoms with E-state index in [4.69, 9.17) is 15.3 Å². The fourth-order valence-electron chi connectivity index (χ4n) is 4.11. The van der Waals surface area contributed by atoms with Crippen LogP contribution in [0.25, 0.3) is 0 Å². The molecule has 1 aromatic rings. The Balaban J connectivity index is 0.00000208. The van der Waals surface area contributed by atoms with Gasteiger partial charge in [0.2, 0.25) is 10.0 Å². The second-order valence-electron chi connectivity index (χ2n) is 6.76. The summed E-state index contributed by atoms with van der Waals surface area (Å²) in [6.45, 7) is 1.48. The second-order valence-corrected chi connectivity index (χ2v) is 8.29. The Morgan fingerprint density at radius 2 is 1.88 bits per heavy atom. The van der Waals surface area contributed by atoms with E-state index >= 15 is 0 Å².